The molecule has 0 rings (SSSR count). The van der Waals surface area contributed by atoms with E-state index in [0.717, 1.165) is 77.2 Å². The quantitative estimate of drug-likeness (QED) is 0.0476. The molecule has 0 aliphatic carbocycles. The number of unbranched alkanes of at least 4 members (excludes halogenated alkanes) is 16. The third kappa shape index (κ3) is 27.1. The van der Waals surface area contributed by atoms with Crippen molar-refractivity contribution in [2.75, 3.05) is 46.9 Å². The van der Waals surface area contributed by atoms with Crippen LogP contribution in [0.4, 0.5) is 0 Å². The van der Waals surface area contributed by atoms with Gasteiger partial charge in [-0.1, -0.05) is 163 Å². The fraction of sp³-hybridized carbons (Fsp3) is 0.930. The van der Waals surface area contributed by atoms with Crippen molar-refractivity contribution in [3.8, 4) is 0 Å². The van der Waals surface area contributed by atoms with Gasteiger partial charge < -0.3 is 19.3 Å². The Balaban J connectivity index is 5.29. The highest BCUT2D eigenvalue weighted by Crippen LogP contribution is 2.22. The van der Waals surface area contributed by atoms with Gasteiger partial charge in [0.15, 0.2) is 0 Å². The van der Waals surface area contributed by atoms with E-state index in [1.165, 1.54) is 89.9 Å². The molecule has 0 saturated carbocycles. The van der Waals surface area contributed by atoms with Crippen LogP contribution in [0.3, 0.4) is 0 Å². The maximum atomic E-state index is 13.6. The Labute approximate surface area is 310 Å². The molecule has 0 aromatic rings. The van der Waals surface area contributed by atoms with Crippen LogP contribution in [0.1, 0.15) is 195 Å². The molecular formula is C43H84N2O5. The molecule has 0 aliphatic heterocycles. The maximum Gasteiger partial charge on any atom is 0.308 e. The van der Waals surface area contributed by atoms with E-state index >= 15 is 0 Å². The van der Waals surface area contributed by atoms with E-state index in [9.17, 15) is 14.4 Å². The smallest absolute Gasteiger partial charge is 0.308 e. The van der Waals surface area contributed by atoms with Gasteiger partial charge in [-0.25, -0.2) is 0 Å². The molecule has 1 amide bonds. The van der Waals surface area contributed by atoms with E-state index in [1.807, 2.05) is 21.0 Å². The maximum absolute atomic E-state index is 13.6. The van der Waals surface area contributed by atoms with Crippen molar-refractivity contribution in [3.05, 3.63) is 0 Å². The number of ether oxygens (including phenoxy) is 2. The van der Waals surface area contributed by atoms with E-state index in [4.69, 9.17) is 9.47 Å². The van der Waals surface area contributed by atoms with Crippen molar-refractivity contribution in [1.29, 1.82) is 0 Å². The number of carbonyl (C=O) groups excluding carboxylic acids is 3. The number of amides is 1. The number of rotatable bonds is 36. The first kappa shape index (κ1) is 48.4. The zero-order valence-electron chi connectivity index (χ0n) is 34.4. The molecule has 3 atom stereocenters. The molecule has 50 heavy (non-hydrogen) atoms. The standard InChI is InChI=1S/C43H84N2O5/c1-8-12-16-20-22-26-30-39(28-24-18-14-10-3)42(47)49-36-34-45(41(46)38(5)32-33-44(6)7)35-37-50-43(48)40(29-25-19-15-11-4)31-27-23-21-17-13-9-2/h38-40H,8-37H2,1-7H3. The van der Waals surface area contributed by atoms with Crippen LogP contribution in [0.25, 0.3) is 0 Å². The number of hydrogen-bond acceptors (Lipinski definition) is 6. The number of esters is 2. The highest BCUT2D eigenvalue weighted by atomic mass is 16.5. The average Bonchev–Trinajstić information content (AvgIpc) is 3.10. The van der Waals surface area contributed by atoms with Gasteiger partial charge in [0.05, 0.1) is 24.9 Å². The second-order valence-corrected chi connectivity index (χ2v) is 15.4. The van der Waals surface area contributed by atoms with Gasteiger partial charge in [-0.15, -0.1) is 0 Å². The first-order chi connectivity index (χ1) is 24.2. The highest BCUT2D eigenvalue weighted by Gasteiger charge is 2.25. The molecule has 7 heteroatoms. The van der Waals surface area contributed by atoms with E-state index < -0.39 is 0 Å². The molecule has 0 aromatic heterocycles. The largest absolute Gasteiger partial charge is 0.464 e. The third-order valence-corrected chi connectivity index (χ3v) is 10.2. The zero-order valence-corrected chi connectivity index (χ0v) is 34.4. The Hall–Kier alpha value is -1.63. The lowest BCUT2D eigenvalue weighted by Crippen LogP contribution is -2.41. The average molecular weight is 709 g/mol. The fourth-order valence-electron chi connectivity index (χ4n) is 6.70. The molecule has 0 radical (unpaired) electrons. The second kappa shape index (κ2) is 34.5. The molecule has 296 valence electrons. The molecule has 3 unspecified atom stereocenters. The monoisotopic (exact) mass is 709 g/mol. The lowest BCUT2D eigenvalue weighted by molar-refractivity contribution is -0.153. The summed E-state index contributed by atoms with van der Waals surface area (Å²) in [5.74, 6) is -0.497. The Morgan fingerprint density at radius 2 is 0.780 bits per heavy atom. The lowest BCUT2D eigenvalue weighted by Gasteiger charge is -2.27. The molecular weight excluding hydrogens is 624 g/mol. The third-order valence-electron chi connectivity index (χ3n) is 10.2. The molecule has 0 N–H and O–H groups in total. The SMILES string of the molecule is CCCCCCCCC(CCCCCC)C(=O)OCCN(CCOC(=O)C(CCCCCC)CCCCCCCC)C(=O)C(C)CCN(C)C. The first-order valence-electron chi connectivity index (χ1n) is 21.5. The summed E-state index contributed by atoms with van der Waals surface area (Å²) in [6.45, 7) is 12.7. The van der Waals surface area contributed by atoms with E-state index in [-0.39, 0.29) is 48.8 Å². The normalized spacial score (nSPS) is 13.3. The van der Waals surface area contributed by atoms with Gasteiger partial charge in [-0.2, -0.15) is 0 Å². The summed E-state index contributed by atoms with van der Waals surface area (Å²) >= 11 is 0. The van der Waals surface area contributed by atoms with Crippen LogP contribution in [0.2, 0.25) is 0 Å². The molecule has 7 nitrogen and oxygen atoms in total. The van der Waals surface area contributed by atoms with Crippen LogP contribution in [0.5, 0.6) is 0 Å². The van der Waals surface area contributed by atoms with E-state index in [0.29, 0.717) is 13.1 Å². The minimum Gasteiger partial charge on any atom is -0.464 e. The van der Waals surface area contributed by atoms with Crippen molar-refractivity contribution in [2.45, 2.75) is 195 Å². The van der Waals surface area contributed by atoms with E-state index in [2.05, 4.69) is 32.6 Å². The molecule has 0 heterocycles. The highest BCUT2D eigenvalue weighted by molar-refractivity contribution is 5.78. The van der Waals surface area contributed by atoms with Crippen molar-refractivity contribution in [2.24, 2.45) is 17.8 Å². The van der Waals surface area contributed by atoms with Gasteiger partial charge in [0.2, 0.25) is 5.91 Å². The summed E-state index contributed by atoms with van der Waals surface area (Å²) in [6.07, 6.45) is 28.0. The Morgan fingerprint density at radius 1 is 0.460 bits per heavy atom. The summed E-state index contributed by atoms with van der Waals surface area (Å²) < 4.78 is 11.8. The molecule has 0 bridgehead atoms. The van der Waals surface area contributed by atoms with Crippen LogP contribution in [0, 0.1) is 17.8 Å². The molecule has 0 aliphatic rings. The van der Waals surface area contributed by atoms with E-state index in [1.54, 1.807) is 4.90 Å². The molecule has 0 aromatic carbocycles. The van der Waals surface area contributed by atoms with Crippen molar-refractivity contribution in [1.82, 2.24) is 9.80 Å². The Kier molecular flexibility index (Phi) is 33.3. The Bertz CT molecular complexity index is 754. The van der Waals surface area contributed by atoms with Gasteiger partial charge in [0.1, 0.15) is 13.2 Å². The summed E-state index contributed by atoms with van der Waals surface area (Å²) in [7, 11) is 4.03. The summed E-state index contributed by atoms with van der Waals surface area (Å²) in [5, 5.41) is 0. The van der Waals surface area contributed by atoms with Gasteiger partial charge >= 0.3 is 11.9 Å². The van der Waals surface area contributed by atoms with Gasteiger partial charge in [-0.3, -0.25) is 14.4 Å². The van der Waals surface area contributed by atoms with Gasteiger partial charge in [0.25, 0.3) is 0 Å². The first-order valence-corrected chi connectivity index (χ1v) is 21.5. The fourth-order valence-corrected chi connectivity index (χ4v) is 6.70. The second-order valence-electron chi connectivity index (χ2n) is 15.4. The van der Waals surface area contributed by atoms with Crippen LogP contribution in [0.15, 0.2) is 0 Å². The number of hydrogen-bond donors (Lipinski definition) is 0. The minimum atomic E-state index is -0.165. The van der Waals surface area contributed by atoms with Gasteiger partial charge in [-0.05, 0) is 52.7 Å². The lowest BCUT2D eigenvalue weighted by atomic mass is 9.94. The van der Waals surface area contributed by atoms with Crippen molar-refractivity contribution < 1.29 is 23.9 Å². The summed E-state index contributed by atoms with van der Waals surface area (Å²) in [5.41, 5.74) is 0. The van der Waals surface area contributed by atoms with Crippen LogP contribution < -0.4 is 0 Å². The predicted octanol–water partition coefficient (Wildman–Crippen LogP) is 11.2. The minimum absolute atomic E-state index is 0.0327. The van der Waals surface area contributed by atoms with Crippen LogP contribution in [-0.4, -0.2) is 74.6 Å². The van der Waals surface area contributed by atoms with Crippen molar-refractivity contribution >= 4 is 17.8 Å². The zero-order chi connectivity index (χ0) is 37.2. The predicted molar refractivity (Wildman–Crippen MR) is 211 cm³/mol. The van der Waals surface area contributed by atoms with Crippen LogP contribution >= 0.6 is 0 Å². The molecule has 0 spiro atoms. The Morgan fingerprint density at radius 3 is 1.12 bits per heavy atom. The van der Waals surface area contributed by atoms with Gasteiger partial charge in [0, 0.05) is 5.92 Å². The number of nitrogens with zero attached hydrogens (tertiary/aromatic N) is 2. The summed E-state index contributed by atoms with van der Waals surface area (Å²) in [6, 6.07) is 0. The number of carbonyl (C=O) groups is 3. The summed E-state index contributed by atoms with van der Waals surface area (Å²) in [4.78, 5) is 44.1. The topological polar surface area (TPSA) is 76.1 Å². The van der Waals surface area contributed by atoms with Crippen molar-refractivity contribution in [3.63, 3.8) is 0 Å². The molecule has 0 saturated heterocycles. The molecule has 0 fully saturated rings. The van der Waals surface area contributed by atoms with Crippen LogP contribution in [-0.2, 0) is 23.9 Å².